The Balaban J connectivity index is 1.71. The third-order valence-electron chi connectivity index (χ3n) is 4.75. The van der Waals surface area contributed by atoms with Gasteiger partial charge in [-0.3, -0.25) is 0 Å². The van der Waals surface area contributed by atoms with Crippen molar-refractivity contribution in [3.63, 3.8) is 0 Å². The summed E-state index contributed by atoms with van der Waals surface area (Å²) in [5, 5.41) is 3.52. The molecule has 0 unspecified atom stereocenters. The Morgan fingerprint density at radius 1 is 1.18 bits per heavy atom. The van der Waals surface area contributed by atoms with Crippen molar-refractivity contribution >= 4 is 15.8 Å². The molecule has 1 saturated heterocycles. The van der Waals surface area contributed by atoms with Gasteiger partial charge in [0.1, 0.15) is 5.82 Å². The van der Waals surface area contributed by atoms with E-state index in [1.807, 2.05) is 18.2 Å². The largest absolute Gasteiger partial charge is 0.367 e. The minimum atomic E-state index is -3.11. The van der Waals surface area contributed by atoms with Gasteiger partial charge in [-0.1, -0.05) is 18.9 Å². The van der Waals surface area contributed by atoms with Gasteiger partial charge in [0.2, 0.25) is 10.0 Å². The average molecular weight is 323 g/mol. The number of hydrogen-bond donors (Lipinski definition) is 1. The molecule has 1 atom stereocenters. The van der Waals surface area contributed by atoms with E-state index in [2.05, 4.69) is 5.32 Å². The number of rotatable bonds is 4. The van der Waals surface area contributed by atoms with Crippen LogP contribution in [0.4, 0.5) is 5.82 Å². The lowest BCUT2D eigenvalue weighted by Gasteiger charge is -2.30. The SMILES string of the molecule is CS(=O)(=O)N1CCC[C@@H](c2cccc(NC3CCCC3)n2)C1. The van der Waals surface area contributed by atoms with Crippen molar-refractivity contribution in [3.05, 3.63) is 23.9 Å². The molecule has 1 aromatic rings. The van der Waals surface area contributed by atoms with Crippen LogP contribution in [0.2, 0.25) is 0 Å². The van der Waals surface area contributed by atoms with E-state index in [1.165, 1.54) is 31.9 Å². The Bertz CT molecular complexity index is 612. The maximum atomic E-state index is 11.8. The highest BCUT2D eigenvalue weighted by atomic mass is 32.2. The van der Waals surface area contributed by atoms with Crippen LogP contribution >= 0.6 is 0 Å². The summed E-state index contributed by atoms with van der Waals surface area (Å²) in [6.07, 6.45) is 8.23. The lowest BCUT2D eigenvalue weighted by molar-refractivity contribution is 0.314. The molecule has 2 heterocycles. The van der Waals surface area contributed by atoms with Crippen LogP contribution in [0.25, 0.3) is 0 Å². The Labute approximate surface area is 133 Å². The zero-order valence-corrected chi connectivity index (χ0v) is 14.0. The maximum Gasteiger partial charge on any atom is 0.211 e. The smallest absolute Gasteiger partial charge is 0.211 e. The predicted octanol–water partition coefficient (Wildman–Crippen LogP) is 2.58. The van der Waals surface area contributed by atoms with E-state index >= 15 is 0 Å². The summed E-state index contributed by atoms with van der Waals surface area (Å²) in [7, 11) is -3.11. The zero-order valence-electron chi connectivity index (χ0n) is 13.2. The van der Waals surface area contributed by atoms with Crippen LogP contribution in [0.3, 0.4) is 0 Å². The van der Waals surface area contributed by atoms with Gasteiger partial charge in [-0.25, -0.2) is 17.7 Å². The highest BCUT2D eigenvalue weighted by Crippen LogP contribution is 2.28. The molecular weight excluding hydrogens is 298 g/mol. The number of sulfonamides is 1. The van der Waals surface area contributed by atoms with Crippen LogP contribution in [0, 0.1) is 0 Å². The van der Waals surface area contributed by atoms with Crippen molar-refractivity contribution in [2.75, 3.05) is 24.7 Å². The van der Waals surface area contributed by atoms with Crippen LogP contribution in [0.15, 0.2) is 18.2 Å². The lowest BCUT2D eigenvalue weighted by atomic mass is 9.95. The minimum absolute atomic E-state index is 0.203. The highest BCUT2D eigenvalue weighted by Gasteiger charge is 2.27. The van der Waals surface area contributed by atoms with Crippen LogP contribution in [-0.2, 0) is 10.0 Å². The number of hydrogen-bond acceptors (Lipinski definition) is 4. The van der Waals surface area contributed by atoms with Gasteiger partial charge in [0.05, 0.1) is 6.26 Å². The third-order valence-corrected chi connectivity index (χ3v) is 6.02. The Morgan fingerprint density at radius 2 is 1.95 bits per heavy atom. The van der Waals surface area contributed by atoms with Crippen molar-refractivity contribution < 1.29 is 8.42 Å². The molecule has 0 spiro atoms. The Hall–Kier alpha value is -1.14. The van der Waals surface area contributed by atoms with Gasteiger partial charge in [-0.05, 0) is 37.8 Å². The van der Waals surface area contributed by atoms with Gasteiger partial charge in [-0.2, -0.15) is 0 Å². The number of nitrogens with zero attached hydrogens (tertiary/aromatic N) is 2. The fraction of sp³-hybridized carbons (Fsp3) is 0.688. The number of nitrogens with one attached hydrogen (secondary N) is 1. The summed E-state index contributed by atoms with van der Waals surface area (Å²) in [4.78, 5) is 4.74. The van der Waals surface area contributed by atoms with E-state index in [4.69, 9.17) is 4.98 Å². The lowest BCUT2D eigenvalue weighted by Crippen LogP contribution is -2.38. The number of piperidine rings is 1. The first kappa shape index (κ1) is 15.7. The molecule has 1 aliphatic carbocycles. The fourth-order valence-electron chi connectivity index (χ4n) is 3.52. The van der Waals surface area contributed by atoms with E-state index < -0.39 is 10.0 Å². The average Bonchev–Trinajstić information content (AvgIpc) is 3.00. The molecule has 2 fully saturated rings. The summed E-state index contributed by atoms with van der Waals surface area (Å²) in [6, 6.07) is 6.61. The molecule has 0 radical (unpaired) electrons. The minimum Gasteiger partial charge on any atom is -0.367 e. The Kier molecular flexibility index (Phi) is 4.68. The van der Waals surface area contributed by atoms with Crippen LogP contribution in [0.5, 0.6) is 0 Å². The van der Waals surface area contributed by atoms with Crippen molar-refractivity contribution in [1.82, 2.24) is 9.29 Å². The number of pyridine rings is 1. The molecule has 1 saturated carbocycles. The highest BCUT2D eigenvalue weighted by molar-refractivity contribution is 7.88. The second kappa shape index (κ2) is 6.54. The van der Waals surface area contributed by atoms with Crippen molar-refractivity contribution in [3.8, 4) is 0 Å². The summed E-state index contributed by atoms with van der Waals surface area (Å²) in [6.45, 7) is 1.19. The molecule has 1 aromatic heterocycles. The summed E-state index contributed by atoms with van der Waals surface area (Å²) in [5.41, 5.74) is 1.01. The predicted molar refractivity (Wildman–Crippen MR) is 88.5 cm³/mol. The monoisotopic (exact) mass is 323 g/mol. The van der Waals surface area contributed by atoms with E-state index in [0.29, 0.717) is 19.1 Å². The standard InChI is InChI=1S/C16H25N3O2S/c1-22(20,21)19-11-5-6-13(12-19)15-9-4-10-16(18-15)17-14-7-2-3-8-14/h4,9-10,13-14H,2-3,5-8,11-12H2,1H3,(H,17,18)/t13-/m1/s1. The van der Waals surface area contributed by atoms with Gasteiger partial charge >= 0.3 is 0 Å². The zero-order chi connectivity index (χ0) is 15.6. The fourth-order valence-corrected chi connectivity index (χ4v) is 4.44. The van der Waals surface area contributed by atoms with Gasteiger partial charge < -0.3 is 5.32 Å². The van der Waals surface area contributed by atoms with Gasteiger partial charge in [0, 0.05) is 30.7 Å². The van der Waals surface area contributed by atoms with Crippen molar-refractivity contribution in [1.29, 1.82) is 0 Å². The summed E-state index contributed by atoms with van der Waals surface area (Å²) < 4.78 is 25.1. The normalized spacial score (nSPS) is 24.5. The molecular formula is C16H25N3O2S. The van der Waals surface area contributed by atoms with Gasteiger partial charge in [0.25, 0.3) is 0 Å². The Morgan fingerprint density at radius 3 is 2.68 bits per heavy atom. The molecule has 2 aliphatic rings. The van der Waals surface area contributed by atoms with Gasteiger partial charge in [0.15, 0.2) is 0 Å². The van der Waals surface area contributed by atoms with Crippen LogP contribution in [-0.4, -0.2) is 43.1 Å². The molecule has 5 nitrogen and oxygen atoms in total. The molecule has 1 N–H and O–H groups in total. The van der Waals surface area contributed by atoms with Crippen molar-refractivity contribution in [2.24, 2.45) is 0 Å². The second-order valence-corrected chi connectivity index (χ2v) is 8.52. The van der Waals surface area contributed by atoms with E-state index in [1.54, 1.807) is 4.31 Å². The first-order chi connectivity index (χ1) is 10.5. The van der Waals surface area contributed by atoms with E-state index in [9.17, 15) is 8.42 Å². The first-order valence-electron chi connectivity index (χ1n) is 8.21. The molecule has 0 amide bonds. The molecule has 6 heteroatoms. The quantitative estimate of drug-likeness (QED) is 0.925. The van der Waals surface area contributed by atoms with Crippen LogP contribution < -0.4 is 5.32 Å². The molecule has 1 aliphatic heterocycles. The second-order valence-electron chi connectivity index (χ2n) is 6.53. The third kappa shape index (κ3) is 3.79. The van der Waals surface area contributed by atoms with Crippen molar-refractivity contribution in [2.45, 2.75) is 50.5 Å². The molecule has 0 bridgehead atoms. The maximum absolute atomic E-state index is 11.8. The molecule has 0 aromatic carbocycles. The molecule has 122 valence electrons. The topological polar surface area (TPSA) is 62.3 Å². The van der Waals surface area contributed by atoms with Crippen LogP contribution in [0.1, 0.15) is 50.1 Å². The van der Waals surface area contributed by atoms with E-state index in [-0.39, 0.29) is 5.92 Å². The van der Waals surface area contributed by atoms with E-state index in [0.717, 1.165) is 24.4 Å². The number of anilines is 1. The number of aromatic nitrogens is 1. The summed E-state index contributed by atoms with van der Waals surface area (Å²) >= 11 is 0. The van der Waals surface area contributed by atoms with Gasteiger partial charge in [-0.15, -0.1) is 0 Å². The summed E-state index contributed by atoms with van der Waals surface area (Å²) in [5.74, 6) is 1.13. The molecule has 3 rings (SSSR count). The molecule has 22 heavy (non-hydrogen) atoms. The first-order valence-corrected chi connectivity index (χ1v) is 10.1.